The average Bonchev–Trinajstić information content (AvgIpc) is 2.68. The van der Waals surface area contributed by atoms with Crippen molar-refractivity contribution >= 4 is 23.2 Å². The predicted octanol–water partition coefficient (Wildman–Crippen LogP) is 1.85. The van der Waals surface area contributed by atoms with Crippen LogP contribution in [0.3, 0.4) is 0 Å². The largest absolute Gasteiger partial charge is 0.497 e. The number of nitrogens with zero attached hydrogens (tertiary/aromatic N) is 3. The van der Waals surface area contributed by atoms with Crippen molar-refractivity contribution in [3.63, 3.8) is 0 Å². The Labute approximate surface area is 158 Å². The van der Waals surface area contributed by atoms with Gasteiger partial charge in [-0.05, 0) is 48.5 Å². The van der Waals surface area contributed by atoms with Gasteiger partial charge in [-0.15, -0.1) is 0 Å². The topological polar surface area (TPSA) is 95.2 Å². The second kappa shape index (κ2) is 7.46. The molecule has 1 N–H and O–H groups in total. The van der Waals surface area contributed by atoms with Crippen molar-refractivity contribution in [1.82, 2.24) is 14.3 Å². The van der Waals surface area contributed by atoms with Crippen molar-refractivity contribution in [1.29, 1.82) is 0 Å². The Morgan fingerprint density at radius 2 is 1.70 bits per heavy atom. The van der Waals surface area contributed by atoms with Crippen molar-refractivity contribution in [2.45, 2.75) is 0 Å². The maximum atomic E-state index is 12.5. The minimum atomic E-state index is -0.795. The highest BCUT2D eigenvalue weighted by Crippen LogP contribution is 2.15. The summed E-state index contributed by atoms with van der Waals surface area (Å²) in [6.07, 6.45) is 0. The zero-order chi connectivity index (χ0) is 19.6. The van der Waals surface area contributed by atoms with Gasteiger partial charge in [-0.1, -0.05) is 11.6 Å². The predicted molar refractivity (Wildman–Crippen MR) is 101 cm³/mol. The van der Waals surface area contributed by atoms with Gasteiger partial charge in [-0.2, -0.15) is 9.78 Å². The van der Waals surface area contributed by atoms with Crippen LogP contribution in [0.4, 0.5) is 5.69 Å². The highest BCUT2D eigenvalue weighted by atomic mass is 35.5. The van der Waals surface area contributed by atoms with E-state index in [0.29, 0.717) is 22.1 Å². The van der Waals surface area contributed by atoms with Crippen LogP contribution < -0.4 is 21.3 Å². The monoisotopic (exact) mass is 386 g/mol. The standard InChI is InChI=1S/C18H15ClN4O4/c1-22-17(25)15(16(24)20-12-5-9-14(27-2)10-6-12)21-23(18(22)26)13-7-3-11(19)4-8-13/h3-10H,1-2H3,(H,20,24). The Bertz CT molecular complexity index is 1100. The summed E-state index contributed by atoms with van der Waals surface area (Å²) in [6.45, 7) is 0. The third-order valence-electron chi connectivity index (χ3n) is 3.81. The summed E-state index contributed by atoms with van der Waals surface area (Å²) < 4.78 is 6.85. The van der Waals surface area contributed by atoms with E-state index in [0.717, 1.165) is 9.25 Å². The minimum Gasteiger partial charge on any atom is -0.497 e. The van der Waals surface area contributed by atoms with E-state index < -0.39 is 22.9 Å². The van der Waals surface area contributed by atoms with Crippen LogP contribution in [0.1, 0.15) is 10.5 Å². The first kappa shape index (κ1) is 18.4. The fourth-order valence-electron chi connectivity index (χ4n) is 2.33. The lowest BCUT2D eigenvalue weighted by Gasteiger charge is -2.10. The molecule has 0 unspecified atom stereocenters. The lowest BCUT2D eigenvalue weighted by molar-refractivity contribution is 0.101. The first-order valence-corrected chi connectivity index (χ1v) is 8.20. The van der Waals surface area contributed by atoms with Crippen LogP contribution >= 0.6 is 11.6 Å². The average molecular weight is 387 g/mol. The Hall–Kier alpha value is -3.39. The smallest absolute Gasteiger partial charge is 0.351 e. The van der Waals surface area contributed by atoms with E-state index in [4.69, 9.17) is 16.3 Å². The normalized spacial score (nSPS) is 10.5. The number of carbonyl (C=O) groups is 1. The van der Waals surface area contributed by atoms with Gasteiger partial charge in [0, 0.05) is 17.8 Å². The number of carbonyl (C=O) groups excluding carboxylic acids is 1. The molecular formula is C18H15ClN4O4. The molecule has 0 atom stereocenters. The van der Waals surface area contributed by atoms with Gasteiger partial charge in [0.2, 0.25) is 5.69 Å². The molecule has 0 aliphatic heterocycles. The molecule has 0 aliphatic rings. The highest BCUT2D eigenvalue weighted by molar-refractivity contribution is 6.30. The van der Waals surface area contributed by atoms with Crippen LogP contribution in [-0.2, 0) is 7.05 Å². The molecule has 3 aromatic rings. The van der Waals surface area contributed by atoms with Gasteiger partial charge in [0.05, 0.1) is 12.8 Å². The number of methoxy groups -OCH3 is 1. The molecule has 1 aromatic heterocycles. The number of rotatable bonds is 4. The Morgan fingerprint density at radius 3 is 2.30 bits per heavy atom. The molecule has 1 amide bonds. The van der Waals surface area contributed by atoms with Gasteiger partial charge >= 0.3 is 5.69 Å². The van der Waals surface area contributed by atoms with Gasteiger partial charge in [0.25, 0.3) is 11.5 Å². The maximum Gasteiger partial charge on any atom is 0.351 e. The molecule has 0 aliphatic carbocycles. The van der Waals surface area contributed by atoms with Crippen molar-refractivity contribution in [3.8, 4) is 11.4 Å². The first-order chi connectivity index (χ1) is 12.9. The van der Waals surface area contributed by atoms with Gasteiger partial charge in [-0.25, -0.2) is 4.79 Å². The summed E-state index contributed by atoms with van der Waals surface area (Å²) in [7, 11) is 2.81. The summed E-state index contributed by atoms with van der Waals surface area (Å²) >= 11 is 5.85. The van der Waals surface area contributed by atoms with E-state index in [-0.39, 0.29) is 0 Å². The van der Waals surface area contributed by atoms with E-state index in [1.807, 2.05) is 0 Å². The SMILES string of the molecule is COc1ccc(NC(=O)c2nn(-c3ccc(Cl)cc3)c(=O)n(C)c2=O)cc1. The summed E-state index contributed by atoms with van der Waals surface area (Å²) in [5.74, 6) is -0.109. The fraction of sp³-hybridized carbons (Fsp3) is 0.111. The third-order valence-corrected chi connectivity index (χ3v) is 4.06. The van der Waals surface area contributed by atoms with Gasteiger partial charge in [0.1, 0.15) is 5.75 Å². The van der Waals surface area contributed by atoms with Crippen LogP contribution in [0.2, 0.25) is 5.02 Å². The number of ether oxygens (including phenoxy) is 1. The molecular weight excluding hydrogens is 372 g/mol. The van der Waals surface area contributed by atoms with Crippen molar-refractivity contribution in [3.05, 3.63) is 80.1 Å². The van der Waals surface area contributed by atoms with E-state index in [1.165, 1.54) is 14.2 Å². The molecule has 1 heterocycles. The van der Waals surface area contributed by atoms with E-state index in [1.54, 1.807) is 48.5 Å². The Kier molecular flexibility index (Phi) is 5.09. The lowest BCUT2D eigenvalue weighted by Crippen LogP contribution is -2.43. The van der Waals surface area contributed by atoms with E-state index >= 15 is 0 Å². The molecule has 27 heavy (non-hydrogen) atoms. The van der Waals surface area contributed by atoms with Crippen LogP contribution in [0.5, 0.6) is 5.75 Å². The third kappa shape index (κ3) is 3.75. The molecule has 0 bridgehead atoms. The second-order valence-corrected chi connectivity index (χ2v) is 6.00. The Morgan fingerprint density at radius 1 is 1.07 bits per heavy atom. The molecule has 9 heteroatoms. The van der Waals surface area contributed by atoms with Gasteiger partial charge < -0.3 is 10.1 Å². The quantitative estimate of drug-likeness (QED) is 0.738. The molecule has 0 radical (unpaired) electrons. The molecule has 0 spiro atoms. The van der Waals surface area contributed by atoms with Gasteiger partial charge in [-0.3, -0.25) is 14.2 Å². The van der Waals surface area contributed by atoms with E-state index in [9.17, 15) is 14.4 Å². The zero-order valence-electron chi connectivity index (χ0n) is 14.5. The second-order valence-electron chi connectivity index (χ2n) is 5.57. The van der Waals surface area contributed by atoms with Crippen LogP contribution in [-0.4, -0.2) is 27.4 Å². The van der Waals surface area contributed by atoms with Crippen LogP contribution in [0.25, 0.3) is 5.69 Å². The molecule has 0 saturated carbocycles. The summed E-state index contributed by atoms with van der Waals surface area (Å²) in [4.78, 5) is 37.2. The summed E-state index contributed by atoms with van der Waals surface area (Å²) in [5.41, 5.74) is -1.06. The molecule has 3 rings (SSSR count). The van der Waals surface area contributed by atoms with Crippen molar-refractivity contribution in [2.24, 2.45) is 7.05 Å². The van der Waals surface area contributed by atoms with Crippen molar-refractivity contribution in [2.75, 3.05) is 12.4 Å². The summed E-state index contributed by atoms with van der Waals surface area (Å²) in [6, 6.07) is 12.8. The number of anilines is 1. The highest BCUT2D eigenvalue weighted by Gasteiger charge is 2.19. The summed E-state index contributed by atoms with van der Waals surface area (Å²) in [5, 5.41) is 7.01. The number of nitrogens with one attached hydrogen (secondary N) is 1. The van der Waals surface area contributed by atoms with E-state index in [2.05, 4.69) is 10.4 Å². The van der Waals surface area contributed by atoms with Crippen LogP contribution in [0, 0.1) is 0 Å². The van der Waals surface area contributed by atoms with Gasteiger partial charge in [0.15, 0.2) is 0 Å². The molecule has 138 valence electrons. The number of halogens is 1. The lowest BCUT2D eigenvalue weighted by atomic mass is 10.3. The molecule has 0 saturated heterocycles. The first-order valence-electron chi connectivity index (χ1n) is 7.82. The number of hydrogen-bond acceptors (Lipinski definition) is 5. The number of amides is 1. The fourth-order valence-corrected chi connectivity index (χ4v) is 2.46. The maximum absolute atomic E-state index is 12.5. The zero-order valence-corrected chi connectivity index (χ0v) is 15.2. The van der Waals surface area contributed by atoms with Crippen LogP contribution in [0.15, 0.2) is 58.1 Å². The van der Waals surface area contributed by atoms with Crippen molar-refractivity contribution < 1.29 is 9.53 Å². The number of hydrogen-bond donors (Lipinski definition) is 1. The number of benzene rings is 2. The Balaban J connectivity index is 2.01. The minimum absolute atomic E-state index is 0.374. The molecule has 8 nitrogen and oxygen atoms in total. The molecule has 2 aromatic carbocycles. The number of aromatic nitrogens is 3. The molecule has 0 fully saturated rings.